The number of rotatable bonds is 3. The van der Waals surface area contributed by atoms with Gasteiger partial charge in [-0.15, -0.1) is 0 Å². The monoisotopic (exact) mass is 320 g/mol. The number of ether oxygens (including phenoxy) is 1. The third kappa shape index (κ3) is 3.31. The summed E-state index contributed by atoms with van der Waals surface area (Å²) < 4.78 is 5.22. The second-order valence-corrected chi connectivity index (χ2v) is 6.24. The van der Waals surface area contributed by atoms with Gasteiger partial charge >= 0.3 is 0 Å². The standard InChI is InChI=1S/C16H24N4O3/c1-18-6-8-19(9-7-18)12-10-20(11-13(12)21)16(22)15-14(23-2)4-3-5-17-15/h3-5,12-13,21H,6-11H2,1-2H3/t12-,13-/m0/s1. The first kappa shape index (κ1) is 16.2. The van der Waals surface area contributed by atoms with Crippen molar-refractivity contribution in [2.24, 2.45) is 0 Å². The van der Waals surface area contributed by atoms with Crippen LogP contribution in [0, 0.1) is 0 Å². The molecule has 1 N–H and O–H groups in total. The molecule has 7 nitrogen and oxygen atoms in total. The molecule has 1 amide bonds. The van der Waals surface area contributed by atoms with Crippen molar-refractivity contribution in [1.82, 2.24) is 19.7 Å². The molecule has 3 heterocycles. The Labute approximate surface area is 136 Å². The summed E-state index contributed by atoms with van der Waals surface area (Å²) in [6.07, 6.45) is 1.07. The van der Waals surface area contributed by atoms with Gasteiger partial charge < -0.3 is 19.6 Å². The van der Waals surface area contributed by atoms with E-state index in [1.165, 1.54) is 7.11 Å². The number of likely N-dealkylation sites (tertiary alicyclic amines) is 1. The summed E-state index contributed by atoms with van der Waals surface area (Å²) in [4.78, 5) is 23.1. The van der Waals surface area contributed by atoms with E-state index in [9.17, 15) is 9.90 Å². The molecule has 3 rings (SSSR count). The maximum atomic E-state index is 12.7. The van der Waals surface area contributed by atoms with Crippen LogP contribution in [0.15, 0.2) is 18.3 Å². The smallest absolute Gasteiger partial charge is 0.276 e. The van der Waals surface area contributed by atoms with Gasteiger partial charge in [-0.2, -0.15) is 0 Å². The number of likely N-dealkylation sites (N-methyl/N-ethyl adjacent to an activating group) is 1. The van der Waals surface area contributed by atoms with Crippen LogP contribution in [0.5, 0.6) is 5.75 Å². The van der Waals surface area contributed by atoms with Gasteiger partial charge in [0.05, 0.1) is 19.3 Å². The first-order valence-corrected chi connectivity index (χ1v) is 7.99. The van der Waals surface area contributed by atoms with Gasteiger partial charge in [-0.25, -0.2) is 4.98 Å². The highest BCUT2D eigenvalue weighted by molar-refractivity contribution is 5.95. The van der Waals surface area contributed by atoms with Gasteiger partial charge in [0.2, 0.25) is 0 Å². The van der Waals surface area contributed by atoms with E-state index in [4.69, 9.17) is 4.74 Å². The quantitative estimate of drug-likeness (QED) is 0.811. The molecule has 0 aromatic carbocycles. The van der Waals surface area contributed by atoms with Gasteiger partial charge in [-0.1, -0.05) is 0 Å². The maximum absolute atomic E-state index is 12.7. The Morgan fingerprint density at radius 1 is 1.30 bits per heavy atom. The predicted octanol–water partition coefficient (Wildman–Crippen LogP) is -0.477. The van der Waals surface area contributed by atoms with Crippen molar-refractivity contribution in [1.29, 1.82) is 0 Å². The van der Waals surface area contributed by atoms with E-state index in [0.29, 0.717) is 24.5 Å². The highest BCUT2D eigenvalue weighted by atomic mass is 16.5. The third-order valence-corrected chi connectivity index (χ3v) is 4.75. The fourth-order valence-corrected chi connectivity index (χ4v) is 3.31. The van der Waals surface area contributed by atoms with E-state index in [2.05, 4.69) is 21.8 Å². The van der Waals surface area contributed by atoms with Crippen molar-refractivity contribution in [3.63, 3.8) is 0 Å². The second-order valence-electron chi connectivity index (χ2n) is 6.24. The van der Waals surface area contributed by atoms with Crippen LogP contribution in [0.2, 0.25) is 0 Å². The summed E-state index contributed by atoms with van der Waals surface area (Å²) in [6.45, 7) is 4.70. The zero-order valence-corrected chi connectivity index (χ0v) is 13.7. The molecule has 0 unspecified atom stereocenters. The fourth-order valence-electron chi connectivity index (χ4n) is 3.31. The van der Waals surface area contributed by atoms with Gasteiger partial charge in [0.25, 0.3) is 5.91 Å². The Kier molecular flexibility index (Phi) is 4.79. The molecule has 2 aliphatic rings. The number of piperazine rings is 1. The van der Waals surface area contributed by atoms with Gasteiger partial charge in [0.15, 0.2) is 5.69 Å². The number of nitrogens with zero attached hydrogens (tertiary/aromatic N) is 4. The van der Waals surface area contributed by atoms with Crippen molar-refractivity contribution >= 4 is 5.91 Å². The maximum Gasteiger partial charge on any atom is 0.276 e. The number of methoxy groups -OCH3 is 1. The van der Waals surface area contributed by atoms with Crippen molar-refractivity contribution < 1.29 is 14.6 Å². The van der Waals surface area contributed by atoms with E-state index in [-0.39, 0.29) is 11.9 Å². The molecular formula is C16H24N4O3. The summed E-state index contributed by atoms with van der Waals surface area (Å²) in [5, 5.41) is 10.4. The van der Waals surface area contributed by atoms with Gasteiger partial charge in [0, 0.05) is 45.5 Å². The summed E-state index contributed by atoms with van der Waals surface area (Å²) in [6, 6.07) is 3.47. The van der Waals surface area contributed by atoms with Gasteiger partial charge in [-0.3, -0.25) is 9.69 Å². The number of aliphatic hydroxyl groups excluding tert-OH is 1. The highest BCUT2D eigenvalue weighted by Gasteiger charge is 2.39. The zero-order valence-electron chi connectivity index (χ0n) is 13.7. The molecule has 2 fully saturated rings. The van der Waals surface area contributed by atoms with Crippen LogP contribution < -0.4 is 4.74 Å². The van der Waals surface area contributed by atoms with E-state index < -0.39 is 6.10 Å². The topological polar surface area (TPSA) is 69.1 Å². The lowest BCUT2D eigenvalue weighted by molar-refractivity contribution is 0.0512. The van der Waals surface area contributed by atoms with Crippen molar-refractivity contribution in [3.8, 4) is 5.75 Å². The van der Waals surface area contributed by atoms with Crippen LogP contribution >= 0.6 is 0 Å². The Hall–Kier alpha value is -1.70. The molecule has 1 aromatic heterocycles. The lowest BCUT2D eigenvalue weighted by Crippen LogP contribution is -2.52. The Balaban J connectivity index is 1.69. The van der Waals surface area contributed by atoms with Crippen molar-refractivity contribution in [2.45, 2.75) is 12.1 Å². The number of hydrogen-bond donors (Lipinski definition) is 1. The minimum Gasteiger partial charge on any atom is -0.494 e. The Morgan fingerprint density at radius 2 is 2.04 bits per heavy atom. The number of aromatic nitrogens is 1. The van der Waals surface area contributed by atoms with Crippen LogP contribution in [0.1, 0.15) is 10.5 Å². The average Bonchev–Trinajstić information content (AvgIpc) is 2.96. The number of amides is 1. The molecule has 0 aliphatic carbocycles. The molecule has 1 aromatic rings. The molecular weight excluding hydrogens is 296 g/mol. The average molecular weight is 320 g/mol. The summed E-state index contributed by atoms with van der Waals surface area (Å²) >= 11 is 0. The SMILES string of the molecule is COc1cccnc1C(=O)N1C[C@H](O)[C@@H](N2CCN(C)CC2)C1. The van der Waals surface area contributed by atoms with Gasteiger partial charge in [-0.05, 0) is 19.2 Å². The summed E-state index contributed by atoms with van der Waals surface area (Å²) in [5.74, 6) is 0.285. The number of pyridine rings is 1. The first-order valence-electron chi connectivity index (χ1n) is 7.99. The number of β-amino-alcohol motifs (C(OH)–C–C–N with tert-alkyl or cyclic N) is 1. The number of carbonyl (C=O) groups excluding carboxylic acids is 1. The minimum atomic E-state index is -0.517. The molecule has 2 aliphatic heterocycles. The number of aliphatic hydroxyl groups is 1. The molecule has 7 heteroatoms. The van der Waals surface area contributed by atoms with E-state index in [0.717, 1.165) is 26.2 Å². The van der Waals surface area contributed by atoms with Crippen molar-refractivity contribution in [3.05, 3.63) is 24.0 Å². The van der Waals surface area contributed by atoms with E-state index in [1.807, 2.05) is 0 Å². The number of carbonyl (C=O) groups is 1. The molecule has 0 spiro atoms. The Bertz CT molecular complexity index is 560. The molecule has 2 saturated heterocycles. The van der Waals surface area contributed by atoms with Gasteiger partial charge in [0.1, 0.15) is 5.75 Å². The van der Waals surface area contributed by atoms with Crippen LogP contribution in [-0.2, 0) is 0 Å². The minimum absolute atomic E-state index is 0.00218. The van der Waals surface area contributed by atoms with Crippen LogP contribution in [0.3, 0.4) is 0 Å². The molecule has 126 valence electrons. The predicted molar refractivity (Wildman–Crippen MR) is 85.6 cm³/mol. The fraction of sp³-hybridized carbons (Fsp3) is 0.625. The van der Waals surface area contributed by atoms with Crippen LogP contribution in [-0.4, -0.2) is 96.3 Å². The molecule has 0 bridgehead atoms. The molecule has 0 saturated carbocycles. The Morgan fingerprint density at radius 3 is 2.74 bits per heavy atom. The third-order valence-electron chi connectivity index (χ3n) is 4.75. The molecule has 2 atom stereocenters. The first-order chi connectivity index (χ1) is 11.1. The summed E-state index contributed by atoms with van der Waals surface area (Å²) in [7, 11) is 3.63. The van der Waals surface area contributed by atoms with E-state index >= 15 is 0 Å². The second kappa shape index (κ2) is 6.82. The van der Waals surface area contributed by atoms with Crippen molar-refractivity contribution in [2.75, 3.05) is 53.4 Å². The zero-order chi connectivity index (χ0) is 16.4. The normalized spacial score (nSPS) is 26.5. The molecule has 23 heavy (non-hydrogen) atoms. The van der Waals surface area contributed by atoms with Crippen LogP contribution in [0.4, 0.5) is 0 Å². The number of hydrogen-bond acceptors (Lipinski definition) is 6. The van der Waals surface area contributed by atoms with E-state index in [1.54, 1.807) is 23.2 Å². The van der Waals surface area contributed by atoms with Crippen LogP contribution in [0.25, 0.3) is 0 Å². The molecule has 0 radical (unpaired) electrons. The summed E-state index contributed by atoms with van der Waals surface area (Å²) in [5.41, 5.74) is 0.307. The lowest BCUT2D eigenvalue weighted by Gasteiger charge is -2.37. The lowest BCUT2D eigenvalue weighted by atomic mass is 10.1. The largest absolute Gasteiger partial charge is 0.494 e. The highest BCUT2D eigenvalue weighted by Crippen LogP contribution is 2.22.